The molecule has 4 aromatic rings. The van der Waals surface area contributed by atoms with Crippen LogP contribution in [0, 0.1) is 0 Å². The van der Waals surface area contributed by atoms with Gasteiger partial charge in [-0.25, -0.2) is 0 Å². The molecule has 0 amide bonds. The Morgan fingerprint density at radius 1 is 0.786 bits per heavy atom. The summed E-state index contributed by atoms with van der Waals surface area (Å²) in [5.41, 5.74) is 4.80. The molecular formula is C25H26N2O. The van der Waals surface area contributed by atoms with E-state index in [0.29, 0.717) is 6.61 Å². The van der Waals surface area contributed by atoms with Crippen molar-refractivity contribution in [2.45, 2.75) is 6.54 Å². The number of aromatic nitrogens is 1. The summed E-state index contributed by atoms with van der Waals surface area (Å²) in [4.78, 5) is 2.14. The van der Waals surface area contributed by atoms with Crippen LogP contribution >= 0.6 is 0 Å². The van der Waals surface area contributed by atoms with Crippen molar-refractivity contribution < 1.29 is 4.74 Å². The van der Waals surface area contributed by atoms with Crippen LogP contribution in [-0.2, 0) is 6.54 Å². The van der Waals surface area contributed by atoms with Gasteiger partial charge >= 0.3 is 0 Å². The van der Waals surface area contributed by atoms with Gasteiger partial charge in [0.1, 0.15) is 6.61 Å². The minimum absolute atomic E-state index is 0.659. The second-order valence-corrected chi connectivity index (χ2v) is 7.28. The van der Waals surface area contributed by atoms with E-state index >= 15 is 0 Å². The smallest absolute Gasteiger partial charge is 0.152 e. The number of hydrogen-bond acceptors (Lipinski definition) is 2. The van der Waals surface area contributed by atoms with Gasteiger partial charge in [0, 0.05) is 24.0 Å². The van der Waals surface area contributed by atoms with Crippen molar-refractivity contribution in [3.05, 3.63) is 90.5 Å². The molecule has 4 rings (SSSR count). The van der Waals surface area contributed by atoms with Crippen molar-refractivity contribution in [3.8, 4) is 17.0 Å². The van der Waals surface area contributed by atoms with Crippen molar-refractivity contribution >= 4 is 10.9 Å². The molecule has 1 aromatic heterocycles. The topological polar surface area (TPSA) is 17.4 Å². The molecule has 3 heteroatoms. The zero-order valence-corrected chi connectivity index (χ0v) is 16.5. The third-order valence-electron chi connectivity index (χ3n) is 4.94. The highest BCUT2D eigenvalue weighted by Crippen LogP contribution is 2.40. The van der Waals surface area contributed by atoms with E-state index in [1.165, 1.54) is 16.6 Å². The largest absolute Gasteiger partial charge is 0.489 e. The van der Waals surface area contributed by atoms with Crippen molar-refractivity contribution in [2.75, 3.05) is 27.2 Å². The van der Waals surface area contributed by atoms with Crippen LogP contribution in [0.15, 0.2) is 84.9 Å². The molecule has 0 aliphatic carbocycles. The highest BCUT2D eigenvalue weighted by atomic mass is 16.5. The van der Waals surface area contributed by atoms with Crippen molar-refractivity contribution in [1.82, 2.24) is 9.47 Å². The lowest BCUT2D eigenvalue weighted by Gasteiger charge is -2.15. The maximum atomic E-state index is 6.37. The Morgan fingerprint density at radius 2 is 1.43 bits per heavy atom. The molecule has 0 saturated heterocycles. The van der Waals surface area contributed by atoms with Gasteiger partial charge < -0.3 is 14.2 Å². The van der Waals surface area contributed by atoms with E-state index in [9.17, 15) is 0 Å². The number of hydrogen-bond donors (Lipinski definition) is 0. The highest BCUT2D eigenvalue weighted by Gasteiger charge is 2.20. The first-order valence-electron chi connectivity index (χ1n) is 9.72. The highest BCUT2D eigenvalue weighted by molar-refractivity contribution is 5.95. The molecule has 0 atom stereocenters. The van der Waals surface area contributed by atoms with Crippen molar-refractivity contribution in [2.24, 2.45) is 0 Å². The van der Waals surface area contributed by atoms with Gasteiger partial charge in [0.05, 0.1) is 11.2 Å². The van der Waals surface area contributed by atoms with Gasteiger partial charge in [-0.3, -0.25) is 0 Å². The number of ether oxygens (including phenoxy) is 1. The van der Waals surface area contributed by atoms with E-state index in [0.717, 1.165) is 29.9 Å². The molecule has 0 N–H and O–H groups in total. The minimum Gasteiger partial charge on any atom is -0.489 e. The third kappa shape index (κ3) is 3.80. The molecule has 0 fully saturated rings. The Morgan fingerprint density at radius 3 is 2.14 bits per heavy atom. The molecule has 142 valence electrons. The summed E-state index contributed by atoms with van der Waals surface area (Å²) < 4.78 is 8.75. The first kappa shape index (κ1) is 18.3. The lowest BCUT2D eigenvalue weighted by Crippen LogP contribution is -2.19. The lowest BCUT2D eigenvalue weighted by molar-refractivity contribution is 0.264. The maximum Gasteiger partial charge on any atom is 0.152 e. The molecule has 0 spiro atoms. The molecule has 28 heavy (non-hydrogen) atoms. The Hall–Kier alpha value is -3.04. The normalized spacial score (nSPS) is 11.2. The Kier molecular flexibility index (Phi) is 5.45. The average Bonchev–Trinajstić information content (AvgIpc) is 3.03. The summed E-state index contributed by atoms with van der Waals surface area (Å²) in [6, 6.07) is 29.7. The van der Waals surface area contributed by atoms with Crippen LogP contribution in [0.1, 0.15) is 5.56 Å². The molecular weight excluding hydrogens is 344 g/mol. The first-order chi connectivity index (χ1) is 13.7. The van der Waals surface area contributed by atoms with Gasteiger partial charge in [-0.1, -0.05) is 72.8 Å². The van der Waals surface area contributed by atoms with Gasteiger partial charge in [-0.05, 0) is 31.8 Å². The molecule has 0 saturated carbocycles. The summed E-state index contributed by atoms with van der Waals surface area (Å²) in [6.45, 7) is 2.35. The standard InChI is InChI=1S/C25H26N2O/c1-26(2)17-18-28-25-22-15-9-10-16-23(22)27(19-20-11-5-3-6-12-20)24(25)21-13-7-4-8-14-21/h3-16H,17-19H2,1-2H3. The van der Waals surface area contributed by atoms with Crippen LogP contribution in [-0.4, -0.2) is 36.7 Å². The SMILES string of the molecule is CN(C)CCOc1c(-c2ccccc2)n(Cc2ccccc2)c2ccccc12. The third-order valence-corrected chi connectivity index (χ3v) is 4.94. The number of para-hydroxylation sites is 1. The van der Waals surface area contributed by atoms with Crippen LogP contribution in [0.3, 0.4) is 0 Å². The summed E-state index contributed by atoms with van der Waals surface area (Å²) in [6.07, 6.45) is 0. The molecule has 3 aromatic carbocycles. The van der Waals surface area contributed by atoms with E-state index in [2.05, 4.69) is 108 Å². The molecule has 0 bridgehead atoms. The van der Waals surface area contributed by atoms with Gasteiger partial charge in [-0.2, -0.15) is 0 Å². The van der Waals surface area contributed by atoms with Gasteiger partial charge in [-0.15, -0.1) is 0 Å². The summed E-state index contributed by atoms with van der Waals surface area (Å²) in [7, 11) is 4.14. The Balaban J connectivity index is 1.88. The van der Waals surface area contributed by atoms with E-state index in [1.807, 2.05) is 0 Å². The van der Waals surface area contributed by atoms with E-state index in [1.54, 1.807) is 0 Å². The fraction of sp³-hybridized carbons (Fsp3) is 0.200. The zero-order valence-electron chi connectivity index (χ0n) is 16.5. The lowest BCUT2D eigenvalue weighted by atomic mass is 10.1. The number of likely N-dealkylation sites (N-methyl/N-ethyl adjacent to an activating group) is 1. The monoisotopic (exact) mass is 370 g/mol. The Labute approximate surface area is 166 Å². The van der Waals surface area contributed by atoms with E-state index in [-0.39, 0.29) is 0 Å². The van der Waals surface area contributed by atoms with Crippen LogP contribution in [0.25, 0.3) is 22.2 Å². The first-order valence-corrected chi connectivity index (χ1v) is 9.72. The number of rotatable bonds is 7. The van der Waals surface area contributed by atoms with Crippen molar-refractivity contribution in [1.29, 1.82) is 0 Å². The predicted octanol–water partition coefficient (Wildman–Crippen LogP) is 5.30. The molecule has 0 unspecified atom stereocenters. The maximum absolute atomic E-state index is 6.37. The van der Waals surface area contributed by atoms with Crippen LogP contribution < -0.4 is 4.74 Å². The van der Waals surface area contributed by atoms with E-state index in [4.69, 9.17) is 4.74 Å². The minimum atomic E-state index is 0.659. The fourth-order valence-corrected chi connectivity index (χ4v) is 3.56. The van der Waals surface area contributed by atoms with Crippen LogP contribution in [0.2, 0.25) is 0 Å². The average molecular weight is 370 g/mol. The summed E-state index contributed by atoms with van der Waals surface area (Å²) in [5.74, 6) is 0.972. The van der Waals surface area contributed by atoms with Crippen LogP contribution in [0.5, 0.6) is 5.75 Å². The van der Waals surface area contributed by atoms with Crippen molar-refractivity contribution in [3.63, 3.8) is 0 Å². The second kappa shape index (κ2) is 8.32. The number of benzene rings is 3. The molecule has 0 aliphatic heterocycles. The number of fused-ring (bicyclic) bond motifs is 1. The molecule has 0 aliphatic rings. The quantitative estimate of drug-likeness (QED) is 0.439. The zero-order chi connectivity index (χ0) is 19.3. The summed E-state index contributed by atoms with van der Waals surface area (Å²) in [5, 5.41) is 1.16. The summed E-state index contributed by atoms with van der Waals surface area (Å²) >= 11 is 0. The predicted molar refractivity (Wildman–Crippen MR) is 117 cm³/mol. The van der Waals surface area contributed by atoms with Gasteiger partial charge in [0.2, 0.25) is 0 Å². The molecule has 1 heterocycles. The van der Waals surface area contributed by atoms with Crippen LogP contribution in [0.4, 0.5) is 0 Å². The number of nitrogens with zero attached hydrogens (tertiary/aromatic N) is 2. The van der Waals surface area contributed by atoms with Gasteiger partial charge in [0.25, 0.3) is 0 Å². The second-order valence-electron chi connectivity index (χ2n) is 7.28. The fourth-order valence-electron chi connectivity index (χ4n) is 3.56. The molecule has 3 nitrogen and oxygen atoms in total. The molecule has 0 radical (unpaired) electrons. The Bertz CT molecular complexity index is 1040. The van der Waals surface area contributed by atoms with Gasteiger partial charge in [0.15, 0.2) is 5.75 Å². The van der Waals surface area contributed by atoms with E-state index < -0.39 is 0 Å².